The monoisotopic (exact) mass is 330 g/mol. The van der Waals surface area contributed by atoms with E-state index in [0.29, 0.717) is 18.4 Å². The molecule has 2 N–H and O–H groups in total. The van der Waals surface area contributed by atoms with Crippen molar-refractivity contribution in [2.75, 3.05) is 0 Å². The standard InChI is InChI=1S/C19H22O5/c1-12-7-9-13(10-8-12)16(20)11-15(18(21)22)17(19(23)24)14-5-3-2-4-6-14/h7-10,14H,2-6,11H2,1H3,(H,21,22)(H,23,24). The van der Waals surface area contributed by atoms with Crippen LogP contribution in [0.15, 0.2) is 35.4 Å². The average Bonchev–Trinajstić information content (AvgIpc) is 2.55. The third kappa shape index (κ3) is 4.31. The molecular weight excluding hydrogens is 308 g/mol. The van der Waals surface area contributed by atoms with Gasteiger partial charge in [0.05, 0.1) is 11.1 Å². The van der Waals surface area contributed by atoms with E-state index in [1.165, 1.54) is 0 Å². The molecule has 0 atom stereocenters. The van der Waals surface area contributed by atoms with Gasteiger partial charge in [0.25, 0.3) is 0 Å². The lowest BCUT2D eigenvalue weighted by atomic mass is 9.80. The summed E-state index contributed by atoms with van der Waals surface area (Å²) in [5.41, 5.74) is 1.02. The van der Waals surface area contributed by atoms with Crippen LogP contribution in [0.1, 0.15) is 54.4 Å². The zero-order valence-corrected chi connectivity index (χ0v) is 13.7. The SMILES string of the molecule is Cc1ccc(C(=O)CC(C(=O)O)=C(C(=O)O)C2CCCCC2)cc1. The molecule has 0 heterocycles. The quantitative estimate of drug-likeness (QED) is 0.614. The molecule has 5 nitrogen and oxygen atoms in total. The van der Waals surface area contributed by atoms with Gasteiger partial charge in [0.15, 0.2) is 5.78 Å². The third-order valence-corrected chi connectivity index (χ3v) is 4.54. The van der Waals surface area contributed by atoms with Gasteiger partial charge in [-0.1, -0.05) is 49.1 Å². The molecule has 0 saturated heterocycles. The fourth-order valence-corrected chi connectivity index (χ4v) is 3.23. The molecule has 24 heavy (non-hydrogen) atoms. The minimum Gasteiger partial charge on any atom is -0.478 e. The summed E-state index contributed by atoms with van der Waals surface area (Å²) in [6, 6.07) is 6.82. The van der Waals surface area contributed by atoms with Crippen LogP contribution in [0.3, 0.4) is 0 Å². The number of carbonyl (C=O) groups excluding carboxylic acids is 1. The van der Waals surface area contributed by atoms with Crippen LogP contribution in [0.25, 0.3) is 0 Å². The number of aliphatic carboxylic acids is 2. The first-order chi connectivity index (χ1) is 11.4. The summed E-state index contributed by atoms with van der Waals surface area (Å²) in [5.74, 6) is -3.20. The minimum absolute atomic E-state index is 0.0948. The average molecular weight is 330 g/mol. The van der Waals surface area contributed by atoms with E-state index in [1.807, 2.05) is 6.92 Å². The van der Waals surface area contributed by atoms with E-state index < -0.39 is 18.4 Å². The molecule has 1 aromatic rings. The van der Waals surface area contributed by atoms with Crippen molar-refractivity contribution in [1.29, 1.82) is 0 Å². The van der Waals surface area contributed by atoms with Gasteiger partial charge in [-0.05, 0) is 25.7 Å². The Morgan fingerprint density at radius 1 is 0.958 bits per heavy atom. The van der Waals surface area contributed by atoms with E-state index in [2.05, 4.69) is 0 Å². The van der Waals surface area contributed by atoms with Gasteiger partial charge < -0.3 is 10.2 Å². The van der Waals surface area contributed by atoms with Crippen molar-refractivity contribution in [2.24, 2.45) is 5.92 Å². The summed E-state index contributed by atoms with van der Waals surface area (Å²) in [6.45, 7) is 1.89. The van der Waals surface area contributed by atoms with Crippen molar-refractivity contribution in [3.63, 3.8) is 0 Å². The Kier molecular flexibility index (Phi) is 5.90. The molecule has 1 aliphatic rings. The minimum atomic E-state index is -1.32. The van der Waals surface area contributed by atoms with Crippen LogP contribution < -0.4 is 0 Å². The summed E-state index contributed by atoms with van der Waals surface area (Å²) in [5, 5.41) is 19.0. The van der Waals surface area contributed by atoms with Gasteiger partial charge in [-0.2, -0.15) is 0 Å². The lowest BCUT2D eigenvalue weighted by Gasteiger charge is -2.23. The van der Waals surface area contributed by atoms with Crippen LogP contribution in [0.4, 0.5) is 0 Å². The predicted octanol–water partition coefficient (Wildman–Crippen LogP) is 3.61. The molecule has 1 aromatic carbocycles. The fourth-order valence-electron chi connectivity index (χ4n) is 3.23. The van der Waals surface area contributed by atoms with Crippen molar-refractivity contribution < 1.29 is 24.6 Å². The van der Waals surface area contributed by atoms with Crippen LogP contribution in [-0.2, 0) is 9.59 Å². The van der Waals surface area contributed by atoms with Crippen molar-refractivity contribution in [1.82, 2.24) is 0 Å². The van der Waals surface area contributed by atoms with Gasteiger partial charge in [0, 0.05) is 12.0 Å². The Morgan fingerprint density at radius 2 is 1.54 bits per heavy atom. The van der Waals surface area contributed by atoms with Gasteiger partial charge in [-0.3, -0.25) is 4.79 Å². The zero-order valence-electron chi connectivity index (χ0n) is 13.7. The summed E-state index contributed by atoms with van der Waals surface area (Å²) < 4.78 is 0. The van der Waals surface area contributed by atoms with E-state index in [0.717, 1.165) is 24.8 Å². The second kappa shape index (κ2) is 7.90. The molecule has 1 saturated carbocycles. The number of ketones is 1. The Labute approximate surface area is 141 Å². The molecule has 2 rings (SSSR count). The van der Waals surface area contributed by atoms with Gasteiger partial charge in [-0.25, -0.2) is 9.59 Å². The number of aryl methyl sites for hydroxylation is 1. The van der Waals surface area contributed by atoms with E-state index in [-0.39, 0.29) is 22.8 Å². The molecule has 0 bridgehead atoms. The number of carboxylic acid groups (broad SMARTS) is 2. The Bertz CT molecular complexity index is 664. The zero-order chi connectivity index (χ0) is 17.7. The van der Waals surface area contributed by atoms with Gasteiger partial charge in [0.2, 0.25) is 0 Å². The Balaban J connectivity index is 2.34. The Hall–Kier alpha value is -2.43. The second-order valence-electron chi connectivity index (χ2n) is 6.30. The van der Waals surface area contributed by atoms with Gasteiger partial charge in [0.1, 0.15) is 0 Å². The number of carboxylic acids is 2. The number of benzene rings is 1. The van der Waals surface area contributed by atoms with Crippen molar-refractivity contribution in [3.8, 4) is 0 Å². The fraction of sp³-hybridized carbons (Fsp3) is 0.421. The van der Waals surface area contributed by atoms with E-state index in [9.17, 15) is 24.6 Å². The topological polar surface area (TPSA) is 91.7 Å². The van der Waals surface area contributed by atoms with E-state index in [4.69, 9.17) is 0 Å². The highest BCUT2D eigenvalue weighted by molar-refractivity contribution is 6.07. The maximum atomic E-state index is 12.4. The number of Topliss-reactive ketones (excluding diaryl/α,β-unsaturated/α-hetero) is 1. The number of rotatable bonds is 6. The van der Waals surface area contributed by atoms with Crippen molar-refractivity contribution in [2.45, 2.75) is 45.4 Å². The second-order valence-corrected chi connectivity index (χ2v) is 6.30. The maximum Gasteiger partial charge on any atom is 0.332 e. The van der Waals surface area contributed by atoms with Crippen LogP contribution in [0.2, 0.25) is 0 Å². The largest absolute Gasteiger partial charge is 0.478 e. The lowest BCUT2D eigenvalue weighted by molar-refractivity contribution is -0.136. The van der Waals surface area contributed by atoms with Crippen LogP contribution in [0.5, 0.6) is 0 Å². The molecule has 1 fully saturated rings. The predicted molar refractivity (Wildman–Crippen MR) is 89.0 cm³/mol. The molecule has 0 aromatic heterocycles. The summed E-state index contributed by atoms with van der Waals surface area (Å²) in [6.07, 6.45) is 3.75. The highest BCUT2D eigenvalue weighted by Gasteiger charge is 2.30. The Morgan fingerprint density at radius 3 is 2.04 bits per heavy atom. The smallest absolute Gasteiger partial charge is 0.332 e. The molecular formula is C19H22O5. The highest BCUT2D eigenvalue weighted by Crippen LogP contribution is 2.33. The molecule has 0 spiro atoms. The maximum absolute atomic E-state index is 12.4. The molecule has 0 radical (unpaired) electrons. The molecule has 128 valence electrons. The van der Waals surface area contributed by atoms with E-state index in [1.54, 1.807) is 24.3 Å². The molecule has 0 amide bonds. The first-order valence-corrected chi connectivity index (χ1v) is 8.19. The van der Waals surface area contributed by atoms with Gasteiger partial charge >= 0.3 is 11.9 Å². The molecule has 0 unspecified atom stereocenters. The summed E-state index contributed by atoms with van der Waals surface area (Å²) in [7, 11) is 0. The van der Waals surface area contributed by atoms with Crippen LogP contribution >= 0.6 is 0 Å². The normalized spacial score (nSPS) is 16.4. The van der Waals surface area contributed by atoms with Crippen molar-refractivity contribution >= 4 is 17.7 Å². The number of hydrogen-bond acceptors (Lipinski definition) is 3. The summed E-state index contributed by atoms with van der Waals surface area (Å²) in [4.78, 5) is 35.7. The third-order valence-electron chi connectivity index (χ3n) is 4.54. The van der Waals surface area contributed by atoms with Crippen molar-refractivity contribution in [3.05, 3.63) is 46.5 Å². The lowest BCUT2D eigenvalue weighted by Crippen LogP contribution is -2.22. The first-order valence-electron chi connectivity index (χ1n) is 8.19. The summed E-state index contributed by atoms with van der Waals surface area (Å²) >= 11 is 0. The van der Waals surface area contributed by atoms with Crippen LogP contribution in [0, 0.1) is 12.8 Å². The van der Waals surface area contributed by atoms with Crippen LogP contribution in [-0.4, -0.2) is 27.9 Å². The first kappa shape index (κ1) is 17.9. The van der Waals surface area contributed by atoms with Gasteiger partial charge in [-0.15, -0.1) is 0 Å². The molecule has 1 aliphatic carbocycles. The number of carbonyl (C=O) groups is 3. The number of hydrogen-bond donors (Lipinski definition) is 2. The molecule has 0 aliphatic heterocycles. The highest BCUT2D eigenvalue weighted by atomic mass is 16.4. The molecule has 5 heteroatoms. The van der Waals surface area contributed by atoms with E-state index >= 15 is 0 Å².